The highest BCUT2D eigenvalue weighted by Crippen LogP contribution is 2.30. The van der Waals surface area contributed by atoms with Gasteiger partial charge in [0.2, 0.25) is 5.91 Å². The second kappa shape index (κ2) is 9.39. The molecule has 0 bridgehead atoms. The summed E-state index contributed by atoms with van der Waals surface area (Å²) in [7, 11) is 1.57. The van der Waals surface area contributed by atoms with E-state index in [1.807, 2.05) is 31.2 Å². The molecule has 0 radical (unpaired) electrons. The molecule has 2 fully saturated rings. The van der Waals surface area contributed by atoms with Gasteiger partial charge in [0.1, 0.15) is 11.5 Å². The van der Waals surface area contributed by atoms with Crippen LogP contribution in [-0.4, -0.2) is 55.6 Å². The molecule has 2 aromatic rings. The molecule has 4 rings (SSSR count). The summed E-state index contributed by atoms with van der Waals surface area (Å²) in [5, 5.41) is 3.57. The van der Waals surface area contributed by atoms with Gasteiger partial charge in [-0.25, -0.2) is 4.90 Å². The van der Waals surface area contributed by atoms with Crippen molar-refractivity contribution in [3.8, 4) is 11.5 Å². The van der Waals surface area contributed by atoms with Gasteiger partial charge in [-0.1, -0.05) is 6.07 Å². The molecule has 7 heteroatoms. The zero-order chi connectivity index (χ0) is 21.8. The van der Waals surface area contributed by atoms with Crippen LogP contribution in [0.1, 0.15) is 26.2 Å². The fourth-order valence-electron chi connectivity index (χ4n) is 4.33. The van der Waals surface area contributed by atoms with Crippen LogP contribution in [0.5, 0.6) is 11.5 Å². The summed E-state index contributed by atoms with van der Waals surface area (Å²) in [6.07, 6.45) is 2.07. The molecule has 0 aliphatic carbocycles. The van der Waals surface area contributed by atoms with Crippen molar-refractivity contribution in [3.63, 3.8) is 0 Å². The Morgan fingerprint density at radius 3 is 2.45 bits per heavy atom. The average Bonchev–Trinajstić information content (AvgIpc) is 3.09. The third-order valence-electron chi connectivity index (χ3n) is 5.94. The second-order valence-electron chi connectivity index (χ2n) is 7.90. The van der Waals surface area contributed by atoms with Gasteiger partial charge in [0.25, 0.3) is 5.91 Å². The van der Waals surface area contributed by atoms with E-state index in [4.69, 9.17) is 9.47 Å². The summed E-state index contributed by atoms with van der Waals surface area (Å²) >= 11 is 0. The molecular formula is C24H29N3O4. The van der Waals surface area contributed by atoms with E-state index in [1.165, 1.54) is 4.90 Å². The molecule has 0 aromatic heterocycles. The number of imide groups is 1. The molecule has 0 spiro atoms. The molecule has 0 saturated carbocycles. The van der Waals surface area contributed by atoms with E-state index in [0.717, 1.165) is 37.4 Å². The first-order valence-electron chi connectivity index (χ1n) is 10.8. The summed E-state index contributed by atoms with van der Waals surface area (Å²) in [5.41, 5.74) is 1.64. The molecular weight excluding hydrogens is 394 g/mol. The number of ether oxygens (including phenoxy) is 2. The predicted molar refractivity (Wildman–Crippen MR) is 120 cm³/mol. The smallest absolute Gasteiger partial charge is 0.251 e. The van der Waals surface area contributed by atoms with Crippen LogP contribution in [0.3, 0.4) is 0 Å². The number of piperidine rings is 1. The van der Waals surface area contributed by atoms with Gasteiger partial charge < -0.3 is 14.8 Å². The molecule has 1 atom stereocenters. The first-order chi connectivity index (χ1) is 15.1. The molecule has 2 aliphatic rings. The molecule has 2 aromatic carbocycles. The monoisotopic (exact) mass is 423 g/mol. The average molecular weight is 424 g/mol. The molecule has 7 nitrogen and oxygen atoms in total. The third kappa shape index (κ3) is 4.66. The van der Waals surface area contributed by atoms with Crippen molar-refractivity contribution < 1.29 is 19.1 Å². The quantitative estimate of drug-likeness (QED) is 0.689. The summed E-state index contributed by atoms with van der Waals surface area (Å²) in [6, 6.07) is 15.0. The van der Waals surface area contributed by atoms with E-state index in [2.05, 4.69) is 10.2 Å². The SMILES string of the molecule is CCOc1ccc(NC2CCN(C3CC(=O)N(c4cccc(OC)c4)C3=O)CC2)cc1. The van der Waals surface area contributed by atoms with E-state index in [-0.39, 0.29) is 24.3 Å². The Morgan fingerprint density at radius 1 is 1.03 bits per heavy atom. The number of nitrogens with zero attached hydrogens (tertiary/aromatic N) is 2. The number of likely N-dealkylation sites (tertiary alicyclic amines) is 1. The van der Waals surface area contributed by atoms with E-state index in [0.29, 0.717) is 24.1 Å². The summed E-state index contributed by atoms with van der Waals surface area (Å²) < 4.78 is 10.7. The van der Waals surface area contributed by atoms with Gasteiger partial charge in [-0.15, -0.1) is 0 Å². The minimum Gasteiger partial charge on any atom is -0.497 e. The van der Waals surface area contributed by atoms with E-state index >= 15 is 0 Å². The Balaban J connectivity index is 1.34. The molecule has 164 valence electrons. The van der Waals surface area contributed by atoms with E-state index in [9.17, 15) is 9.59 Å². The number of hydrogen-bond acceptors (Lipinski definition) is 6. The lowest BCUT2D eigenvalue weighted by Crippen LogP contribution is -2.48. The fourth-order valence-corrected chi connectivity index (χ4v) is 4.33. The molecule has 31 heavy (non-hydrogen) atoms. The molecule has 2 heterocycles. The van der Waals surface area contributed by atoms with Crippen LogP contribution in [0.4, 0.5) is 11.4 Å². The van der Waals surface area contributed by atoms with Crippen molar-refractivity contribution in [3.05, 3.63) is 48.5 Å². The zero-order valence-corrected chi connectivity index (χ0v) is 18.0. The van der Waals surface area contributed by atoms with Gasteiger partial charge >= 0.3 is 0 Å². The predicted octanol–water partition coefficient (Wildman–Crippen LogP) is 3.30. The maximum absolute atomic E-state index is 13.1. The van der Waals surface area contributed by atoms with E-state index in [1.54, 1.807) is 31.4 Å². The molecule has 2 aliphatic heterocycles. The number of nitrogens with one attached hydrogen (secondary N) is 1. The summed E-state index contributed by atoms with van der Waals surface area (Å²) in [4.78, 5) is 29.2. The van der Waals surface area contributed by atoms with Gasteiger partial charge in [0.05, 0.1) is 31.9 Å². The minimum absolute atomic E-state index is 0.142. The van der Waals surface area contributed by atoms with Gasteiger partial charge in [-0.2, -0.15) is 0 Å². The van der Waals surface area contributed by atoms with Gasteiger partial charge in [-0.3, -0.25) is 14.5 Å². The lowest BCUT2D eigenvalue weighted by molar-refractivity contribution is -0.123. The van der Waals surface area contributed by atoms with Crippen molar-refractivity contribution in [2.45, 2.75) is 38.3 Å². The van der Waals surface area contributed by atoms with Crippen molar-refractivity contribution >= 4 is 23.2 Å². The number of carbonyl (C=O) groups is 2. The highest BCUT2D eigenvalue weighted by Gasteiger charge is 2.43. The zero-order valence-electron chi connectivity index (χ0n) is 18.0. The highest BCUT2D eigenvalue weighted by atomic mass is 16.5. The second-order valence-corrected chi connectivity index (χ2v) is 7.90. The highest BCUT2D eigenvalue weighted by molar-refractivity contribution is 6.22. The van der Waals surface area contributed by atoms with Crippen molar-refractivity contribution in [2.75, 3.05) is 37.0 Å². The first-order valence-corrected chi connectivity index (χ1v) is 10.8. The Hall–Kier alpha value is -3.06. The first kappa shape index (κ1) is 21.2. The number of methoxy groups -OCH3 is 1. The fraction of sp³-hybridized carbons (Fsp3) is 0.417. The Morgan fingerprint density at radius 2 is 1.77 bits per heavy atom. The number of rotatable bonds is 7. The third-order valence-corrected chi connectivity index (χ3v) is 5.94. The van der Waals surface area contributed by atoms with Gasteiger partial charge in [0, 0.05) is 30.9 Å². The minimum atomic E-state index is -0.384. The van der Waals surface area contributed by atoms with Crippen LogP contribution in [0.2, 0.25) is 0 Å². The van der Waals surface area contributed by atoms with Crippen LogP contribution in [0.15, 0.2) is 48.5 Å². The van der Waals surface area contributed by atoms with Gasteiger partial charge in [0.15, 0.2) is 0 Å². The lowest BCUT2D eigenvalue weighted by atomic mass is 10.0. The number of carbonyl (C=O) groups excluding carboxylic acids is 2. The molecule has 2 amide bonds. The standard InChI is InChI=1S/C24H29N3O4/c1-3-31-20-9-7-17(8-10-20)25-18-11-13-26(14-12-18)22-16-23(28)27(24(22)29)19-5-4-6-21(15-19)30-2/h4-10,15,18,22,25H,3,11-14,16H2,1-2H3. The van der Waals surface area contributed by atoms with Crippen molar-refractivity contribution in [1.29, 1.82) is 0 Å². The van der Waals surface area contributed by atoms with Crippen LogP contribution >= 0.6 is 0 Å². The van der Waals surface area contributed by atoms with Crippen molar-refractivity contribution in [2.24, 2.45) is 0 Å². The summed E-state index contributed by atoms with van der Waals surface area (Å²) in [6.45, 7) is 4.19. The van der Waals surface area contributed by atoms with Crippen molar-refractivity contribution in [1.82, 2.24) is 4.90 Å². The Labute approximate surface area is 182 Å². The summed E-state index contributed by atoms with van der Waals surface area (Å²) in [5.74, 6) is 1.20. The Kier molecular flexibility index (Phi) is 6.42. The Bertz CT molecular complexity index is 923. The molecule has 1 unspecified atom stereocenters. The number of anilines is 2. The topological polar surface area (TPSA) is 71.1 Å². The maximum Gasteiger partial charge on any atom is 0.251 e. The lowest BCUT2D eigenvalue weighted by Gasteiger charge is -2.35. The maximum atomic E-state index is 13.1. The van der Waals surface area contributed by atoms with Crippen LogP contribution < -0.4 is 19.7 Å². The molecule has 2 saturated heterocycles. The van der Waals surface area contributed by atoms with Crippen LogP contribution in [-0.2, 0) is 9.59 Å². The van der Waals surface area contributed by atoms with Crippen LogP contribution in [0.25, 0.3) is 0 Å². The number of hydrogen-bond donors (Lipinski definition) is 1. The van der Waals surface area contributed by atoms with E-state index < -0.39 is 0 Å². The number of amides is 2. The van der Waals surface area contributed by atoms with Gasteiger partial charge in [-0.05, 0) is 56.2 Å². The number of benzene rings is 2. The van der Waals surface area contributed by atoms with Crippen LogP contribution in [0, 0.1) is 0 Å². The molecule has 1 N–H and O–H groups in total. The normalized spacial score (nSPS) is 20.2. The largest absolute Gasteiger partial charge is 0.497 e.